The molecular weight excluding hydrogens is 160 g/mol. The standard InChI is InChI=1S/C8H11BNO.Na/c1-7(11)10(9)8-5-3-2-4-6-8;/h2-6H,1,9H3;/q-1;+1. The Morgan fingerprint density at radius 1 is 1.33 bits per heavy atom. The summed E-state index contributed by atoms with van der Waals surface area (Å²) >= 11 is 0. The fourth-order valence-electron chi connectivity index (χ4n) is 0.684. The van der Waals surface area contributed by atoms with Crippen LogP contribution in [0.3, 0.4) is 0 Å². The molecule has 0 unspecified atom stereocenters. The van der Waals surface area contributed by atoms with Crippen molar-refractivity contribution >= 4 is 19.6 Å². The molecule has 0 fully saturated rings. The van der Waals surface area contributed by atoms with Crippen LogP contribution < -0.4 is 34.4 Å². The van der Waals surface area contributed by atoms with Crippen LogP contribution >= 0.6 is 0 Å². The van der Waals surface area contributed by atoms with E-state index in [1.807, 2.05) is 35.1 Å². The largest absolute Gasteiger partial charge is 1.00 e. The molecule has 1 aromatic rings. The van der Waals surface area contributed by atoms with Gasteiger partial charge in [-0.15, -0.1) is 0 Å². The van der Waals surface area contributed by atoms with Gasteiger partial charge in [0.25, 0.3) is 0 Å². The van der Waals surface area contributed by atoms with Crippen molar-refractivity contribution in [3.63, 3.8) is 0 Å². The number of rotatable bonds is 1. The maximum absolute atomic E-state index is 10.9. The van der Waals surface area contributed by atoms with E-state index >= 15 is 0 Å². The van der Waals surface area contributed by atoms with Crippen LogP contribution in [0.5, 0.6) is 0 Å². The van der Waals surface area contributed by atoms with Crippen molar-refractivity contribution < 1.29 is 34.4 Å². The van der Waals surface area contributed by atoms with Gasteiger partial charge in [-0.05, 0) is 12.1 Å². The van der Waals surface area contributed by atoms with Crippen LogP contribution in [0.1, 0.15) is 6.92 Å². The Bertz CT molecular complexity index is 252. The second-order valence-electron chi connectivity index (χ2n) is 1.97. The minimum Gasteiger partial charge on any atom is -0.498 e. The molecule has 0 aliphatic heterocycles. The first-order valence-electron chi connectivity index (χ1n) is 3.06. The Labute approximate surface area is 95.7 Å². The molecule has 2 nitrogen and oxygen atoms in total. The predicted octanol–water partition coefficient (Wildman–Crippen LogP) is -2.68. The van der Waals surface area contributed by atoms with Gasteiger partial charge in [-0.3, -0.25) is 4.79 Å². The molecule has 0 heterocycles. The number of carbonyl (C=O) groups excluding carboxylic acids is 1. The predicted molar refractivity (Wildman–Crippen MR) is 49.5 cm³/mol. The Balaban J connectivity index is 0.00000121. The van der Waals surface area contributed by atoms with Crippen molar-refractivity contribution in [3.8, 4) is 0 Å². The van der Waals surface area contributed by atoms with E-state index in [1.54, 1.807) is 6.92 Å². The minimum atomic E-state index is -0.0684. The number of benzene rings is 1. The van der Waals surface area contributed by atoms with Gasteiger partial charge in [0.05, 0.1) is 7.98 Å². The van der Waals surface area contributed by atoms with E-state index in [2.05, 4.69) is 0 Å². The molecule has 1 amide bonds. The zero-order chi connectivity index (χ0) is 8.27. The Kier molecular flexibility index (Phi) is 5.30. The summed E-state index contributed by atoms with van der Waals surface area (Å²) < 4.78 is 0. The van der Waals surface area contributed by atoms with E-state index in [0.717, 1.165) is 5.69 Å². The summed E-state index contributed by atoms with van der Waals surface area (Å²) in [5.74, 6) is 0.163. The monoisotopic (exact) mass is 171 g/mol. The summed E-state index contributed by atoms with van der Waals surface area (Å²) in [7, 11) is -0.0684. The topological polar surface area (TPSA) is 20.3 Å². The number of amides is 1. The normalized spacial score (nSPS) is 8.50. The molecule has 0 spiro atoms. The molecular formula is C8H11BNNaO. The molecule has 0 aliphatic carbocycles. The Hall–Kier alpha value is -0.245. The molecule has 0 atom stereocenters. The van der Waals surface area contributed by atoms with E-state index in [4.69, 9.17) is 0 Å². The van der Waals surface area contributed by atoms with Crippen molar-refractivity contribution in [2.24, 2.45) is 0 Å². The third-order valence-corrected chi connectivity index (χ3v) is 1.04. The summed E-state index contributed by atoms with van der Waals surface area (Å²) in [4.78, 5) is 12.8. The first-order valence-corrected chi connectivity index (χ1v) is 3.06. The summed E-state index contributed by atoms with van der Waals surface area (Å²) in [6.07, 6.45) is 0. The van der Waals surface area contributed by atoms with Crippen LogP contribution in [0.4, 0.5) is 5.69 Å². The Morgan fingerprint density at radius 3 is 2.25 bits per heavy atom. The van der Waals surface area contributed by atoms with Crippen molar-refractivity contribution in [1.29, 1.82) is 0 Å². The molecule has 0 bridgehead atoms. The third kappa shape index (κ3) is 3.01. The van der Waals surface area contributed by atoms with Crippen molar-refractivity contribution in [3.05, 3.63) is 30.3 Å². The molecule has 0 N–H and O–H groups in total. The van der Waals surface area contributed by atoms with Gasteiger partial charge in [0.1, 0.15) is 0 Å². The summed E-state index contributed by atoms with van der Waals surface area (Å²) in [6, 6.07) is 9.79. The van der Waals surface area contributed by atoms with Gasteiger partial charge < -0.3 is 4.81 Å². The minimum absolute atomic E-state index is 0. The van der Waals surface area contributed by atoms with E-state index in [-0.39, 0.29) is 43.4 Å². The number of hydrogen-bond donors (Lipinski definition) is 0. The summed E-state index contributed by atoms with van der Waals surface area (Å²) in [5.41, 5.74) is 1.04. The van der Waals surface area contributed by atoms with Crippen LogP contribution in [0.25, 0.3) is 0 Å². The average Bonchev–Trinajstić information content (AvgIpc) is 2.05. The SMILES string of the molecule is [BH3-]N(C(C)=O)c1ccccc1.[Na+]. The van der Waals surface area contributed by atoms with Crippen LogP contribution in [-0.4, -0.2) is 13.9 Å². The first kappa shape index (κ1) is 11.8. The fraction of sp³-hybridized carbons (Fsp3) is 0.125. The molecule has 0 aromatic heterocycles. The smallest absolute Gasteiger partial charge is 0.498 e. The second-order valence-corrected chi connectivity index (χ2v) is 1.97. The number of anilines is 1. The molecule has 1 aromatic carbocycles. The van der Waals surface area contributed by atoms with Gasteiger partial charge >= 0.3 is 29.6 Å². The van der Waals surface area contributed by atoms with E-state index in [0.29, 0.717) is 0 Å². The summed E-state index contributed by atoms with van der Waals surface area (Å²) in [5, 5.41) is 0. The maximum Gasteiger partial charge on any atom is 1.00 e. The third-order valence-electron chi connectivity index (χ3n) is 1.04. The molecule has 4 heteroatoms. The van der Waals surface area contributed by atoms with Crippen molar-refractivity contribution in [2.75, 3.05) is 4.81 Å². The van der Waals surface area contributed by atoms with Crippen molar-refractivity contribution in [1.82, 2.24) is 0 Å². The molecule has 12 heavy (non-hydrogen) atoms. The molecule has 1 rings (SSSR count). The van der Waals surface area contributed by atoms with Crippen LogP contribution in [-0.2, 0) is 4.79 Å². The number of hydrogen-bond acceptors (Lipinski definition) is 1. The van der Waals surface area contributed by atoms with E-state index in [9.17, 15) is 4.79 Å². The van der Waals surface area contributed by atoms with Gasteiger partial charge in [0.2, 0.25) is 0 Å². The zero-order valence-corrected chi connectivity index (χ0v) is 8.74. The molecule has 0 saturated carbocycles. The summed E-state index contributed by atoms with van der Waals surface area (Å²) in [6.45, 7) is 1.61. The van der Waals surface area contributed by atoms with Gasteiger partial charge in [0.15, 0.2) is 5.91 Å². The van der Waals surface area contributed by atoms with Crippen LogP contribution in [0.15, 0.2) is 30.3 Å². The quantitative estimate of drug-likeness (QED) is 0.422. The molecule has 58 valence electrons. The molecule has 0 saturated heterocycles. The fourth-order valence-corrected chi connectivity index (χ4v) is 0.684. The second kappa shape index (κ2) is 5.41. The van der Waals surface area contributed by atoms with Gasteiger partial charge in [-0.2, -0.15) is 0 Å². The van der Waals surface area contributed by atoms with Crippen LogP contribution in [0.2, 0.25) is 0 Å². The van der Waals surface area contributed by atoms with Gasteiger partial charge in [0, 0.05) is 12.6 Å². The van der Waals surface area contributed by atoms with Crippen molar-refractivity contribution in [2.45, 2.75) is 6.92 Å². The molecule has 0 aliphatic rings. The average molecular weight is 171 g/mol. The van der Waals surface area contributed by atoms with E-state index in [1.165, 1.54) is 0 Å². The zero-order valence-electron chi connectivity index (χ0n) is 6.74. The number of para-hydroxylation sites is 1. The van der Waals surface area contributed by atoms with Gasteiger partial charge in [-0.25, -0.2) is 0 Å². The number of carbonyl (C=O) groups is 1. The van der Waals surface area contributed by atoms with Gasteiger partial charge in [-0.1, -0.05) is 18.2 Å². The maximum atomic E-state index is 10.9. The van der Waals surface area contributed by atoms with Crippen LogP contribution in [0, 0.1) is 0 Å². The Morgan fingerprint density at radius 2 is 1.83 bits per heavy atom. The molecule has 0 radical (unpaired) electrons. The van der Waals surface area contributed by atoms with E-state index < -0.39 is 0 Å². The first-order chi connectivity index (χ1) is 5.22. The number of nitrogens with zero attached hydrogens (tertiary/aromatic N) is 1.